The maximum atomic E-state index is 13.7. The molecule has 1 aliphatic rings. The lowest BCUT2D eigenvalue weighted by molar-refractivity contribution is -0.127. The summed E-state index contributed by atoms with van der Waals surface area (Å²) in [6.45, 7) is 6.75. The van der Waals surface area contributed by atoms with Gasteiger partial charge in [-0.2, -0.15) is 12.6 Å². The second-order valence-corrected chi connectivity index (χ2v) is 10.3. The van der Waals surface area contributed by atoms with Gasteiger partial charge in [0.05, 0.1) is 4.75 Å². The van der Waals surface area contributed by atoms with Crippen molar-refractivity contribution in [2.24, 2.45) is 5.92 Å². The first-order valence-corrected chi connectivity index (χ1v) is 12.2. The topological polar surface area (TPSA) is 49.4 Å². The van der Waals surface area contributed by atoms with Crippen LogP contribution in [0.5, 0.6) is 0 Å². The van der Waals surface area contributed by atoms with Crippen LogP contribution in [0.3, 0.4) is 0 Å². The van der Waals surface area contributed by atoms with Crippen LogP contribution >= 0.6 is 12.6 Å². The van der Waals surface area contributed by atoms with Gasteiger partial charge in [0.1, 0.15) is 6.04 Å². The lowest BCUT2D eigenvalue weighted by atomic mass is 9.94. The smallest absolute Gasteiger partial charge is 0.243 e. The summed E-state index contributed by atoms with van der Waals surface area (Å²) in [5, 5.41) is 3.11. The molecule has 1 saturated heterocycles. The molecule has 168 valence electrons. The van der Waals surface area contributed by atoms with E-state index in [0.717, 1.165) is 31.4 Å². The lowest BCUT2D eigenvalue weighted by Gasteiger charge is -2.37. The highest BCUT2D eigenvalue weighted by atomic mass is 32.1. The van der Waals surface area contributed by atoms with Gasteiger partial charge in [0.2, 0.25) is 11.8 Å². The van der Waals surface area contributed by atoms with Crippen LogP contribution in [0, 0.1) is 5.92 Å². The summed E-state index contributed by atoms with van der Waals surface area (Å²) in [5.74, 6) is 0.207. The molecule has 2 atom stereocenters. The molecule has 2 unspecified atom stereocenters. The summed E-state index contributed by atoms with van der Waals surface area (Å²) in [4.78, 5) is 28.7. The Balaban J connectivity index is 2.34. The number of rotatable bonds is 5. The zero-order chi connectivity index (χ0) is 22.0. The highest BCUT2D eigenvalue weighted by Gasteiger charge is 2.39. The normalized spacial score (nSPS) is 21.5. The van der Waals surface area contributed by atoms with Crippen molar-refractivity contribution in [1.82, 2.24) is 5.32 Å². The summed E-state index contributed by atoms with van der Waals surface area (Å²) in [7, 11) is 0. The molecule has 1 heterocycles. The molecule has 30 heavy (non-hydrogen) atoms. The number of carbonyl (C=O) groups is 2. The van der Waals surface area contributed by atoms with Crippen molar-refractivity contribution in [2.45, 2.75) is 95.8 Å². The van der Waals surface area contributed by atoms with Gasteiger partial charge in [-0.15, -0.1) is 0 Å². The molecule has 1 N–H and O–H groups in total. The van der Waals surface area contributed by atoms with Crippen LogP contribution in [-0.2, 0) is 9.59 Å². The highest BCUT2D eigenvalue weighted by Crippen LogP contribution is 2.31. The van der Waals surface area contributed by atoms with E-state index in [0.29, 0.717) is 25.3 Å². The fourth-order valence-electron chi connectivity index (χ4n) is 4.40. The van der Waals surface area contributed by atoms with E-state index in [1.54, 1.807) is 4.90 Å². The summed E-state index contributed by atoms with van der Waals surface area (Å²) >= 11 is 4.77. The molecule has 0 spiro atoms. The number of para-hydroxylation sites is 1. The molecule has 2 rings (SSSR count). The van der Waals surface area contributed by atoms with E-state index in [4.69, 9.17) is 12.6 Å². The molecule has 1 aromatic rings. The summed E-state index contributed by atoms with van der Waals surface area (Å²) in [6.07, 6.45) is 10.5. The summed E-state index contributed by atoms with van der Waals surface area (Å²) < 4.78 is -0.828. The molecule has 1 aliphatic heterocycles. The van der Waals surface area contributed by atoms with Crippen molar-refractivity contribution in [2.75, 3.05) is 11.4 Å². The number of hydrogen-bond donors (Lipinski definition) is 2. The molecule has 1 fully saturated rings. The van der Waals surface area contributed by atoms with Crippen molar-refractivity contribution in [1.29, 1.82) is 0 Å². The Morgan fingerprint density at radius 3 is 2.23 bits per heavy atom. The Morgan fingerprint density at radius 2 is 1.63 bits per heavy atom. The Morgan fingerprint density at radius 1 is 1.07 bits per heavy atom. The second kappa shape index (κ2) is 12.4. The minimum Gasteiger partial charge on any atom is -0.354 e. The first-order chi connectivity index (χ1) is 14.3. The number of nitrogens with one attached hydrogen (secondary N) is 1. The van der Waals surface area contributed by atoms with E-state index in [2.05, 4.69) is 19.2 Å². The largest absolute Gasteiger partial charge is 0.354 e. The van der Waals surface area contributed by atoms with E-state index in [9.17, 15) is 9.59 Å². The van der Waals surface area contributed by atoms with Crippen molar-refractivity contribution in [3.63, 3.8) is 0 Å². The third-order valence-corrected chi connectivity index (χ3v) is 6.21. The second-order valence-electron chi connectivity index (χ2n) is 9.31. The van der Waals surface area contributed by atoms with Crippen molar-refractivity contribution >= 4 is 30.1 Å². The Bertz CT molecular complexity index is 660. The number of benzene rings is 1. The fraction of sp³-hybridized carbons (Fsp3) is 0.680. The van der Waals surface area contributed by atoms with E-state index in [-0.39, 0.29) is 11.8 Å². The van der Waals surface area contributed by atoms with Crippen molar-refractivity contribution in [3.8, 4) is 0 Å². The number of carbonyl (C=O) groups excluding carboxylic acids is 2. The molecule has 0 radical (unpaired) electrons. The minimum atomic E-state index is -0.828. The van der Waals surface area contributed by atoms with Crippen molar-refractivity contribution < 1.29 is 9.59 Å². The first kappa shape index (κ1) is 24.8. The highest BCUT2D eigenvalue weighted by molar-refractivity contribution is 7.82. The molecule has 0 bridgehead atoms. The molecule has 0 aliphatic carbocycles. The van der Waals surface area contributed by atoms with Gasteiger partial charge in [0, 0.05) is 12.2 Å². The number of amides is 2. The predicted molar refractivity (Wildman–Crippen MR) is 129 cm³/mol. The van der Waals surface area contributed by atoms with Crippen LogP contribution in [0.1, 0.15) is 85.0 Å². The quantitative estimate of drug-likeness (QED) is 0.581. The standard InChI is InChI=1S/C25H40N2O2S/c1-20(2)19-25(3,30)24(29)27(21-15-11-10-12-16-21)22-17-13-8-6-4-5-7-9-14-18-26-23(22)28/h10-12,15-16,20,22,30H,4-9,13-14,17-19H2,1-3H3,(H,26,28). The van der Waals surface area contributed by atoms with Crippen LogP contribution in [0.4, 0.5) is 5.69 Å². The van der Waals surface area contributed by atoms with Crippen LogP contribution in [0.15, 0.2) is 30.3 Å². The molecule has 0 aromatic heterocycles. The fourth-order valence-corrected chi connectivity index (χ4v) is 4.87. The minimum absolute atomic E-state index is 0.0415. The maximum Gasteiger partial charge on any atom is 0.243 e. The van der Waals surface area contributed by atoms with Gasteiger partial charge in [0.25, 0.3) is 0 Å². The monoisotopic (exact) mass is 432 g/mol. The zero-order valence-electron chi connectivity index (χ0n) is 19.0. The Kier molecular flexibility index (Phi) is 10.2. The van der Waals surface area contributed by atoms with Crippen LogP contribution in [0.2, 0.25) is 0 Å². The average molecular weight is 433 g/mol. The molecule has 2 amide bonds. The molecular weight excluding hydrogens is 392 g/mol. The lowest BCUT2D eigenvalue weighted by Crippen LogP contribution is -2.55. The number of hydrogen-bond acceptors (Lipinski definition) is 3. The summed E-state index contributed by atoms with van der Waals surface area (Å²) in [6, 6.07) is 9.12. The SMILES string of the molecule is CC(C)CC(C)(S)C(=O)N(c1ccccc1)C1CCCCCCCCCCNC1=O. The molecule has 4 nitrogen and oxygen atoms in total. The molecule has 0 saturated carbocycles. The van der Waals surface area contributed by atoms with Gasteiger partial charge >= 0.3 is 0 Å². The van der Waals surface area contributed by atoms with Gasteiger partial charge in [-0.05, 0) is 44.2 Å². The maximum absolute atomic E-state index is 13.7. The molecule has 5 heteroatoms. The van der Waals surface area contributed by atoms with Crippen LogP contribution in [-0.4, -0.2) is 29.1 Å². The van der Waals surface area contributed by atoms with E-state index in [1.165, 1.54) is 25.7 Å². The number of thiol groups is 1. The van der Waals surface area contributed by atoms with E-state index < -0.39 is 10.8 Å². The molecular formula is C25H40N2O2S. The predicted octanol–water partition coefficient (Wildman–Crippen LogP) is 5.76. The average Bonchev–Trinajstić information content (AvgIpc) is 2.71. The van der Waals surface area contributed by atoms with Gasteiger partial charge in [-0.25, -0.2) is 0 Å². The molecule has 1 aromatic carbocycles. The Labute approximate surface area is 188 Å². The third-order valence-electron chi connectivity index (χ3n) is 5.84. The first-order valence-electron chi connectivity index (χ1n) is 11.7. The van der Waals surface area contributed by atoms with E-state index >= 15 is 0 Å². The van der Waals surface area contributed by atoms with Gasteiger partial charge in [0.15, 0.2) is 0 Å². The van der Waals surface area contributed by atoms with Gasteiger partial charge < -0.3 is 5.32 Å². The van der Waals surface area contributed by atoms with E-state index in [1.807, 2.05) is 37.3 Å². The van der Waals surface area contributed by atoms with Crippen LogP contribution in [0.25, 0.3) is 0 Å². The summed E-state index contributed by atoms with van der Waals surface area (Å²) in [5.41, 5.74) is 0.774. The Hall–Kier alpha value is -1.49. The van der Waals surface area contributed by atoms with Crippen molar-refractivity contribution in [3.05, 3.63) is 30.3 Å². The van der Waals surface area contributed by atoms with Crippen LogP contribution < -0.4 is 10.2 Å². The zero-order valence-corrected chi connectivity index (χ0v) is 19.9. The third kappa shape index (κ3) is 7.64. The van der Waals surface area contributed by atoms with Gasteiger partial charge in [-0.3, -0.25) is 14.5 Å². The number of anilines is 1. The number of nitrogens with zero attached hydrogens (tertiary/aromatic N) is 1. The van der Waals surface area contributed by atoms with Gasteiger partial charge in [-0.1, -0.05) is 77.0 Å².